The normalized spacial score (nSPS) is 12.1. The lowest BCUT2D eigenvalue weighted by molar-refractivity contribution is 0.0696. The van der Waals surface area contributed by atoms with E-state index in [9.17, 15) is 9.90 Å². The number of benzene rings is 1. The maximum Gasteiger partial charge on any atom is 0.335 e. The molecule has 100 valence electrons. The SMILES string of the molecule is O=C(O)c1ccc(OC[C@H](O)Cn2cncn2)cc1. The number of aromatic carboxylic acids is 1. The number of nitrogens with zero attached hydrogens (tertiary/aromatic N) is 3. The predicted molar refractivity (Wildman–Crippen MR) is 64.9 cm³/mol. The van der Waals surface area contributed by atoms with Crippen LogP contribution in [0.15, 0.2) is 36.9 Å². The first-order valence-electron chi connectivity index (χ1n) is 5.62. The third kappa shape index (κ3) is 3.78. The number of ether oxygens (including phenoxy) is 1. The van der Waals surface area contributed by atoms with E-state index in [2.05, 4.69) is 10.1 Å². The van der Waals surface area contributed by atoms with Crippen molar-refractivity contribution in [1.82, 2.24) is 14.8 Å². The Morgan fingerprint density at radius 2 is 2.11 bits per heavy atom. The summed E-state index contributed by atoms with van der Waals surface area (Å²) in [5.41, 5.74) is 0.190. The van der Waals surface area contributed by atoms with Gasteiger partial charge in [0.15, 0.2) is 0 Å². The van der Waals surface area contributed by atoms with Crippen LogP contribution in [0.3, 0.4) is 0 Å². The van der Waals surface area contributed by atoms with Crippen LogP contribution in [0, 0.1) is 0 Å². The van der Waals surface area contributed by atoms with E-state index in [4.69, 9.17) is 9.84 Å². The van der Waals surface area contributed by atoms with Crippen molar-refractivity contribution in [3.05, 3.63) is 42.5 Å². The average molecular weight is 263 g/mol. The van der Waals surface area contributed by atoms with Crippen LogP contribution in [0.1, 0.15) is 10.4 Å². The van der Waals surface area contributed by atoms with Crippen molar-refractivity contribution in [3.8, 4) is 5.75 Å². The molecule has 2 N–H and O–H groups in total. The van der Waals surface area contributed by atoms with Gasteiger partial charge in [0.1, 0.15) is 31.1 Å². The molecule has 2 rings (SSSR count). The fraction of sp³-hybridized carbons (Fsp3) is 0.250. The minimum atomic E-state index is -0.988. The van der Waals surface area contributed by atoms with Crippen LogP contribution in [-0.2, 0) is 6.54 Å². The summed E-state index contributed by atoms with van der Waals surface area (Å²) in [5, 5.41) is 22.3. The summed E-state index contributed by atoms with van der Waals surface area (Å²) in [6.45, 7) is 0.374. The number of hydrogen-bond donors (Lipinski definition) is 2. The molecule has 0 unspecified atom stereocenters. The zero-order valence-corrected chi connectivity index (χ0v) is 10.0. The number of hydrogen-bond acceptors (Lipinski definition) is 5. The molecule has 7 heteroatoms. The Hall–Kier alpha value is -2.41. The van der Waals surface area contributed by atoms with Crippen LogP contribution in [0.4, 0.5) is 0 Å². The fourth-order valence-electron chi connectivity index (χ4n) is 1.48. The maximum atomic E-state index is 10.7. The van der Waals surface area contributed by atoms with Crippen molar-refractivity contribution in [2.24, 2.45) is 0 Å². The summed E-state index contributed by atoms with van der Waals surface area (Å²) >= 11 is 0. The Labute approximate surface area is 109 Å². The summed E-state index contributed by atoms with van der Waals surface area (Å²) in [5.74, 6) is -0.486. The highest BCUT2D eigenvalue weighted by molar-refractivity contribution is 5.87. The minimum absolute atomic E-state index is 0.0896. The lowest BCUT2D eigenvalue weighted by Crippen LogP contribution is -2.23. The summed E-state index contributed by atoms with van der Waals surface area (Å²) in [4.78, 5) is 14.4. The van der Waals surface area contributed by atoms with E-state index in [1.807, 2.05) is 0 Å². The van der Waals surface area contributed by atoms with Crippen LogP contribution in [0.2, 0.25) is 0 Å². The van der Waals surface area contributed by atoms with Crippen LogP contribution in [-0.4, -0.2) is 43.7 Å². The molecular formula is C12H13N3O4. The largest absolute Gasteiger partial charge is 0.491 e. The van der Waals surface area contributed by atoms with Gasteiger partial charge in [-0.3, -0.25) is 4.68 Å². The molecule has 0 amide bonds. The molecule has 0 aliphatic carbocycles. The lowest BCUT2D eigenvalue weighted by atomic mass is 10.2. The topological polar surface area (TPSA) is 97.5 Å². The van der Waals surface area contributed by atoms with Crippen molar-refractivity contribution in [3.63, 3.8) is 0 Å². The van der Waals surface area contributed by atoms with Crippen molar-refractivity contribution < 1.29 is 19.7 Å². The van der Waals surface area contributed by atoms with E-state index in [0.717, 1.165) is 0 Å². The Morgan fingerprint density at radius 3 is 2.68 bits per heavy atom. The molecule has 1 atom stereocenters. The molecule has 2 aromatic rings. The van der Waals surface area contributed by atoms with E-state index in [-0.39, 0.29) is 18.7 Å². The summed E-state index contributed by atoms with van der Waals surface area (Å²) < 4.78 is 6.85. The number of rotatable bonds is 6. The Bertz CT molecular complexity index is 524. The zero-order valence-electron chi connectivity index (χ0n) is 10.0. The van der Waals surface area contributed by atoms with E-state index in [1.165, 1.54) is 29.5 Å². The molecule has 0 aliphatic heterocycles. The standard InChI is InChI=1S/C12H13N3O4/c16-10(5-15-8-13-7-14-15)6-19-11-3-1-9(2-4-11)12(17)18/h1-4,7-8,10,16H,5-6H2,(H,17,18)/t10-/m1/s1. The molecule has 7 nitrogen and oxygen atoms in total. The van der Waals surface area contributed by atoms with Crippen LogP contribution >= 0.6 is 0 Å². The Balaban J connectivity index is 1.83. The summed E-state index contributed by atoms with van der Waals surface area (Å²) in [7, 11) is 0. The summed E-state index contributed by atoms with van der Waals surface area (Å²) in [6.07, 6.45) is 2.17. The van der Waals surface area contributed by atoms with Crippen molar-refractivity contribution >= 4 is 5.97 Å². The molecular weight excluding hydrogens is 250 g/mol. The number of carboxylic acids is 1. The number of carboxylic acid groups (broad SMARTS) is 1. The average Bonchev–Trinajstić information content (AvgIpc) is 2.89. The minimum Gasteiger partial charge on any atom is -0.491 e. The first-order chi connectivity index (χ1) is 9.15. The fourth-order valence-corrected chi connectivity index (χ4v) is 1.48. The van der Waals surface area contributed by atoms with Gasteiger partial charge in [0.2, 0.25) is 0 Å². The van der Waals surface area contributed by atoms with Crippen LogP contribution < -0.4 is 4.74 Å². The van der Waals surface area contributed by atoms with Gasteiger partial charge >= 0.3 is 5.97 Å². The molecule has 0 aliphatic rings. The Morgan fingerprint density at radius 1 is 1.37 bits per heavy atom. The predicted octanol–water partition coefficient (Wildman–Crippen LogP) is 0.416. The molecule has 1 aromatic heterocycles. The van der Waals surface area contributed by atoms with Gasteiger partial charge < -0.3 is 14.9 Å². The summed E-state index contributed by atoms with van der Waals surface area (Å²) in [6, 6.07) is 5.99. The van der Waals surface area contributed by atoms with Crippen molar-refractivity contribution in [1.29, 1.82) is 0 Å². The maximum absolute atomic E-state index is 10.7. The van der Waals surface area contributed by atoms with Gasteiger partial charge in [-0.2, -0.15) is 5.10 Å². The third-order valence-electron chi connectivity index (χ3n) is 2.41. The molecule has 0 radical (unpaired) electrons. The molecule has 0 fully saturated rings. The number of carbonyl (C=O) groups is 1. The van der Waals surface area contributed by atoms with E-state index < -0.39 is 12.1 Å². The first-order valence-corrected chi connectivity index (χ1v) is 5.62. The first kappa shape index (κ1) is 13.0. The van der Waals surface area contributed by atoms with Crippen molar-refractivity contribution in [2.75, 3.05) is 6.61 Å². The molecule has 0 bridgehead atoms. The highest BCUT2D eigenvalue weighted by Crippen LogP contribution is 2.12. The van der Waals surface area contributed by atoms with Crippen molar-refractivity contribution in [2.45, 2.75) is 12.6 Å². The van der Waals surface area contributed by atoms with Gasteiger partial charge in [-0.15, -0.1) is 0 Å². The number of aromatic nitrogens is 3. The highest BCUT2D eigenvalue weighted by Gasteiger charge is 2.07. The van der Waals surface area contributed by atoms with Gasteiger partial charge in [-0.1, -0.05) is 0 Å². The van der Waals surface area contributed by atoms with Gasteiger partial charge in [-0.05, 0) is 24.3 Å². The molecule has 1 heterocycles. The molecule has 1 aromatic carbocycles. The second-order valence-corrected chi connectivity index (χ2v) is 3.91. The van der Waals surface area contributed by atoms with Gasteiger partial charge in [-0.25, -0.2) is 9.78 Å². The van der Waals surface area contributed by atoms with Gasteiger partial charge in [0, 0.05) is 0 Å². The number of aliphatic hydroxyl groups excluding tert-OH is 1. The van der Waals surface area contributed by atoms with Gasteiger partial charge in [0.25, 0.3) is 0 Å². The third-order valence-corrected chi connectivity index (χ3v) is 2.41. The molecule has 19 heavy (non-hydrogen) atoms. The van der Waals surface area contributed by atoms with E-state index >= 15 is 0 Å². The van der Waals surface area contributed by atoms with Crippen LogP contribution in [0.25, 0.3) is 0 Å². The van der Waals surface area contributed by atoms with E-state index in [1.54, 1.807) is 12.1 Å². The second kappa shape index (κ2) is 5.96. The molecule has 0 spiro atoms. The second-order valence-electron chi connectivity index (χ2n) is 3.91. The monoisotopic (exact) mass is 263 g/mol. The Kier molecular flexibility index (Phi) is 4.09. The smallest absolute Gasteiger partial charge is 0.335 e. The molecule has 0 saturated heterocycles. The quantitative estimate of drug-likeness (QED) is 0.783. The van der Waals surface area contributed by atoms with Gasteiger partial charge in [0.05, 0.1) is 12.1 Å². The zero-order chi connectivity index (χ0) is 13.7. The lowest BCUT2D eigenvalue weighted by Gasteiger charge is -2.12. The van der Waals surface area contributed by atoms with Crippen LogP contribution in [0.5, 0.6) is 5.75 Å². The number of aliphatic hydroxyl groups is 1. The van der Waals surface area contributed by atoms with E-state index in [0.29, 0.717) is 5.75 Å². The highest BCUT2D eigenvalue weighted by atomic mass is 16.5. The molecule has 0 saturated carbocycles.